The number of piperidine rings is 1. The first-order valence-electron chi connectivity index (χ1n) is 6.90. The molecule has 19 heavy (non-hydrogen) atoms. The molecule has 2 rings (SSSR count). The van der Waals surface area contributed by atoms with Gasteiger partial charge in [0.05, 0.1) is 0 Å². The third-order valence-electron chi connectivity index (χ3n) is 3.33. The fourth-order valence-corrected chi connectivity index (χ4v) is 2.28. The number of hydroxylamine groups is 1. The summed E-state index contributed by atoms with van der Waals surface area (Å²) in [7, 11) is 0. The number of hydrogen-bond donors (Lipinski definition) is 3. The van der Waals surface area contributed by atoms with Crippen molar-refractivity contribution >= 4 is 0 Å². The van der Waals surface area contributed by atoms with E-state index in [0.29, 0.717) is 5.75 Å². The zero-order valence-corrected chi connectivity index (χ0v) is 11.1. The van der Waals surface area contributed by atoms with Gasteiger partial charge in [0.25, 0.3) is 0 Å². The maximum atomic E-state index is 9.52. The summed E-state index contributed by atoms with van der Waals surface area (Å²) >= 11 is 0. The largest absolute Gasteiger partial charge is 0.508 e. The van der Waals surface area contributed by atoms with Gasteiger partial charge in [-0.2, -0.15) is 5.48 Å². The molecule has 0 aliphatic carbocycles. The van der Waals surface area contributed by atoms with E-state index >= 15 is 0 Å². The Morgan fingerprint density at radius 3 is 2.68 bits per heavy atom. The molecular formula is C14H22N2O3. The summed E-state index contributed by atoms with van der Waals surface area (Å²) in [6.45, 7) is 4.23. The molecule has 5 heteroatoms. The summed E-state index contributed by atoms with van der Waals surface area (Å²) in [5.41, 5.74) is 2.83. The molecule has 0 spiro atoms. The number of rotatable bonds is 6. The van der Waals surface area contributed by atoms with E-state index < -0.39 is 0 Å². The van der Waals surface area contributed by atoms with Crippen LogP contribution in [0.1, 0.15) is 25.7 Å². The summed E-state index contributed by atoms with van der Waals surface area (Å²) < 4.78 is 0. The van der Waals surface area contributed by atoms with Crippen LogP contribution in [0.2, 0.25) is 0 Å². The van der Waals surface area contributed by atoms with Crippen LogP contribution in [0.15, 0.2) is 18.2 Å². The molecule has 1 heterocycles. The summed E-state index contributed by atoms with van der Waals surface area (Å²) in [5, 5.41) is 18.7. The second-order valence-corrected chi connectivity index (χ2v) is 4.90. The van der Waals surface area contributed by atoms with Gasteiger partial charge < -0.3 is 20.0 Å². The Hall–Kier alpha value is -1.46. The van der Waals surface area contributed by atoms with Crippen LogP contribution in [0.25, 0.3) is 0 Å². The van der Waals surface area contributed by atoms with Gasteiger partial charge in [0.15, 0.2) is 11.5 Å². The van der Waals surface area contributed by atoms with Gasteiger partial charge in [-0.1, -0.05) is 6.42 Å². The van der Waals surface area contributed by atoms with Crippen LogP contribution in [-0.4, -0.2) is 41.3 Å². The van der Waals surface area contributed by atoms with Crippen LogP contribution in [0, 0.1) is 0 Å². The quantitative estimate of drug-likeness (QED) is 0.542. The fraction of sp³-hybridized carbons (Fsp3) is 0.571. The molecule has 0 saturated carbocycles. The van der Waals surface area contributed by atoms with Crippen molar-refractivity contribution in [2.24, 2.45) is 0 Å². The summed E-state index contributed by atoms with van der Waals surface area (Å²) in [6.07, 6.45) is 4.99. The van der Waals surface area contributed by atoms with Gasteiger partial charge in [0.1, 0.15) is 5.75 Å². The number of likely N-dealkylation sites (tertiary alicyclic amines) is 1. The van der Waals surface area contributed by atoms with Crippen LogP contribution >= 0.6 is 0 Å². The molecule has 1 fully saturated rings. The van der Waals surface area contributed by atoms with Crippen molar-refractivity contribution in [1.29, 1.82) is 0 Å². The van der Waals surface area contributed by atoms with Gasteiger partial charge in [0, 0.05) is 12.6 Å². The zero-order chi connectivity index (χ0) is 13.5. The molecule has 1 aliphatic heterocycles. The number of nitrogens with one attached hydrogen (secondary N) is 1. The van der Waals surface area contributed by atoms with E-state index in [0.717, 1.165) is 19.5 Å². The molecule has 5 nitrogen and oxygen atoms in total. The average molecular weight is 266 g/mol. The lowest BCUT2D eigenvalue weighted by molar-refractivity contribution is 0.171. The number of phenolic OH excluding ortho intramolecular Hbond substituents is 2. The van der Waals surface area contributed by atoms with E-state index in [4.69, 9.17) is 9.94 Å². The number of aromatic hydroxyl groups is 2. The molecule has 3 N–H and O–H groups in total. The lowest BCUT2D eigenvalue weighted by Gasteiger charge is -2.26. The molecule has 0 bridgehead atoms. The average Bonchev–Trinajstić information content (AvgIpc) is 2.42. The normalized spacial score (nSPS) is 16.4. The van der Waals surface area contributed by atoms with Crippen LogP contribution < -0.4 is 10.3 Å². The zero-order valence-electron chi connectivity index (χ0n) is 11.1. The highest BCUT2D eigenvalue weighted by molar-refractivity contribution is 5.43. The first-order chi connectivity index (χ1) is 9.25. The third kappa shape index (κ3) is 4.61. The van der Waals surface area contributed by atoms with Crippen molar-refractivity contribution in [2.45, 2.75) is 25.7 Å². The van der Waals surface area contributed by atoms with Crippen molar-refractivity contribution in [3.05, 3.63) is 18.2 Å². The lowest BCUT2D eigenvalue weighted by atomic mass is 10.1. The first kappa shape index (κ1) is 14.0. The van der Waals surface area contributed by atoms with Crippen LogP contribution in [0.4, 0.5) is 0 Å². The molecule has 1 aromatic rings. The first-order valence-corrected chi connectivity index (χ1v) is 6.90. The SMILES string of the molecule is Oc1ccc(ONCCCN2CCCCC2)c(O)c1. The van der Waals surface area contributed by atoms with Crippen molar-refractivity contribution in [3.8, 4) is 17.2 Å². The summed E-state index contributed by atoms with van der Waals surface area (Å²) in [5.74, 6) is 0.286. The van der Waals surface area contributed by atoms with E-state index in [1.54, 1.807) is 0 Å². The Balaban J connectivity index is 1.61. The highest BCUT2D eigenvalue weighted by Crippen LogP contribution is 2.28. The van der Waals surface area contributed by atoms with Crippen molar-refractivity contribution in [3.63, 3.8) is 0 Å². The molecule has 1 aromatic carbocycles. The molecule has 1 aliphatic rings. The number of hydrogen-bond acceptors (Lipinski definition) is 5. The minimum atomic E-state index is -0.0662. The molecule has 0 unspecified atom stereocenters. The van der Waals surface area contributed by atoms with Crippen molar-refractivity contribution in [2.75, 3.05) is 26.2 Å². The van der Waals surface area contributed by atoms with Gasteiger partial charge in [-0.05, 0) is 51.0 Å². The predicted molar refractivity (Wildman–Crippen MR) is 73.3 cm³/mol. The lowest BCUT2D eigenvalue weighted by Crippen LogP contribution is -2.32. The highest BCUT2D eigenvalue weighted by atomic mass is 16.6. The molecule has 0 aromatic heterocycles. The molecule has 1 saturated heterocycles. The van der Waals surface area contributed by atoms with Crippen molar-refractivity contribution in [1.82, 2.24) is 10.4 Å². The third-order valence-corrected chi connectivity index (χ3v) is 3.33. The molecule has 0 atom stereocenters. The van der Waals surface area contributed by atoms with Gasteiger partial charge in [-0.3, -0.25) is 0 Å². The van der Waals surface area contributed by atoms with Gasteiger partial charge in [0.2, 0.25) is 0 Å². The number of nitrogens with zero attached hydrogens (tertiary/aromatic N) is 1. The van der Waals surface area contributed by atoms with E-state index in [2.05, 4.69) is 10.4 Å². The Kier molecular flexibility index (Phi) is 5.30. The summed E-state index contributed by atoms with van der Waals surface area (Å²) in [6, 6.07) is 4.26. The molecule has 106 valence electrons. The van der Waals surface area contributed by atoms with E-state index in [1.165, 1.54) is 50.6 Å². The highest BCUT2D eigenvalue weighted by Gasteiger charge is 2.09. The van der Waals surface area contributed by atoms with E-state index in [9.17, 15) is 5.11 Å². The topological polar surface area (TPSA) is 65.0 Å². The van der Waals surface area contributed by atoms with Gasteiger partial charge >= 0.3 is 0 Å². The minimum absolute atomic E-state index is 0.0231. The van der Waals surface area contributed by atoms with Gasteiger partial charge in [-0.25, -0.2) is 0 Å². The maximum Gasteiger partial charge on any atom is 0.188 e. The number of benzene rings is 1. The summed E-state index contributed by atoms with van der Waals surface area (Å²) in [4.78, 5) is 7.73. The van der Waals surface area contributed by atoms with Crippen LogP contribution in [-0.2, 0) is 0 Å². The maximum absolute atomic E-state index is 9.52. The Morgan fingerprint density at radius 2 is 1.95 bits per heavy atom. The van der Waals surface area contributed by atoms with Crippen LogP contribution in [0.3, 0.4) is 0 Å². The fourth-order valence-electron chi connectivity index (χ4n) is 2.28. The molecular weight excluding hydrogens is 244 g/mol. The predicted octanol–water partition coefficient (Wildman–Crippen LogP) is 1.86. The Morgan fingerprint density at radius 1 is 1.16 bits per heavy atom. The Labute approximate surface area is 113 Å². The molecule has 0 radical (unpaired) electrons. The van der Waals surface area contributed by atoms with E-state index in [1.807, 2.05) is 0 Å². The molecule has 0 amide bonds. The van der Waals surface area contributed by atoms with Crippen molar-refractivity contribution < 1.29 is 15.1 Å². The minimum Gasteiger partial charge on any atom is -0.508 e. The standard InChI is InChI=1S/C14H22N2O3/c17-12-5-6-14(13(18)11-12)19-15-7-4-10-16-8-2-1-3-9-16/h5-6,11,15,17-18H,1-4,7-10H2. The monoisotopic (exact) mass is 266 g/mol. The number of phenols is 2. The van der Waals surface area contributed by atoms with Crippen LogP contribution in [0.5, 0.6) is 17.2 Å². The Bertz CT molecular complexity index is 392. The smallest absolute Gasteiger partial charge is 0.188 e. The van der Waals surface area contributed by atoms with E-state index in [-0.39, 0.29) is 11.5 Å². The van der Waals surface area contributed by atoms with Gasteiger partial charge in [-0.15, -0.1) is 0 Å². The second kappa shape index (κ2) is 7.21. The second-order valence-electron chi connectivity index (χ2n) is 4.90.